The molecule has 11 heteroatoms. The third kappa shape index (κ3) is 14.0. The Balaban J connectivity index is 2.76. The summed E-state index contributed by atoms with van der Waals surface area (Å²) in [7, 11) is 0. The Morgan fingerprint density at radius 1 is 1.14 bits per heavy atom. The maximum absolute atomic E-state index is 12.9. The zero-order chi connectivity index (χ0) is 26.1. The average Bonchev–Trinajstić information content (AvgIpc) is 2.81. The van der Waals surface area contributed by atoms with E-state index in [0.29, 0.717) is 6.42 Å². The van der Waals surface area contributed by atoms with Gasteiger partial charge < -0.3 is 25.2 Å². The quantitative estimate of drug-likeness (QED) is 0.0996. The summed E-state index contributed by atoms with van der Waals surface area (Å²) in [6, 6.07) is 8.63. The molecule has 1 aromatic rings. The molecule has 0 saturated heterocycles. The molecule has 194 valence electrons. The lowest BCUT2D eigenvalue weighted by molar-refractivity contribution is -0.148. The van der Waals surface area contributed by atoms with Crippen LogP contribution in [0.4, 0.5) is 0 Å². The molecule has 0 fully saturated rings. The summed E-state index contributed by atoms with van der Waals surface area (Å²) in [5.41, 5.74) is 9.07. The second kappa shape index (κ2) is 17.3. The number of aliphatic hydroxyl groups is 1. The number of esters is 1. The third-order valence-corrected chi connectivity index (χ3v) is 5.08. The number of benzene rings is 1. The largest absolute Gasteiger partial charge is 0.461 e. The predicted octanol–water partition coefficient (Wildman–Crippen LogP) is 2.48. The Morgan fingerprint density at radius 2 is 1.86 bits per heavy atom. The Hall–Kier alpha value is -3.14. The van der Waals surface area contributed by atoms with Crippen LogP contribution in [0.25, 0.3) is 10.4 Å². The highest BCUT2D eigenvalue weighted by Gasteiger charge is 2.30. The number of amides is 2. The lowest BCUT2D eigenvalue weighted by Gasteiger charge is -2.28. The highest BCUT2D eigenvalue weighted by atomic mass is 16.5. The molecule has 0 bridgehead atoms. The summed E-state index contributed by atoms with van der Waals surface area (Å²) >= 11 is 0. The van der Waals surface area contributed by atoms with Crippen LogP contribution in [0.1, 0.15) is 45.6 Å². The number of aliphatic hydroxyl groups excluding tert-OH is 1. The molecule has 35 heavy (non-hydrogen) atoms. The fourth-order valence-corrected chi connectivity index (χ4v) is 3.46. The van der Waals surface area contributed by atoms with E-state index in [2.05, 4.69) is 20.7 Å². The van der Waals surface area contributed by atoms with Crippen molar-refractivity contribution < 1.29 is 29.0 Å². The molecule has 2 amide bonds. The molecule has 0 radical (unpaired) electrons. The van der Waals surface area contributed by atoms with Crippen LogP contribution in [0.2, 0.25) is 0 Å². The molecule has 0 saturated carbocycles. The molecular weight excluding hydrogens is 454 g/mol. The molecule has 3 atom stereocenters. The Labute approximate surface area is 206 Å². The van der Waals surface area contributed by atoms with Crippen molar-refractivity contribution in [1.82, 2.24) is 10.6 Å². The lowest BCUT2D eigenvalue weighted by Crippen LogP contribution is -2.46. The van der Waals surface area contributed by atoms with E-state index in [-0.39, 0.29) is 57.6 Å². The second-order valence-electron chi connectivity index (χ2n) is 8.64. The second-order valence-corrected chi connectivity index (χ2v) is 8.64. The summed E-state index contributed by atoms with van der Waals surface area (Å²) in [5.74, 6) is -1.93. The van der Waals surface area contributed by atoms with E-state index in [1.807, 2.05) is 44.2 Å². The van der Waals surface area contributed by atoms with Crippen LogP contribution < -0.4 is 10.6 Å². The summed E-state index contributed by atoms with van der Waals surface area (Å²) in [4.78, 5) is 39.6. The Morgan fingerprint density at radius 3 is 2.49 bits per heavy atom. The fourth-order valence-electron chi connectivity index (χ4n) is 3.46. The average molecular weight is 492 g/mol. The van der Waals surface area contributed by atoms with Crippen molar-refractivity contribution in [2.24, 2.45) is 17.0 Å². The van der Waals surface area contributed by atoms with E-state index in [0.717, 1.165) is 5.56 Å². The first-order valence-corrected chi connectivity index (χ1v) is 11.7. The van der Waals surface area contributed by atoms with Gasteiger partial charge in [-0.15, -0.1) is 0 Å². The predicted molar refractivity (Wildman–Crippen MR) is 130 cm³/mol. The van der Waals surface area contributed by atoms with Gasteiger partial charge in [0.2, 0.25) is 11.8 Å². The van der Waals surface area contributed by atoms with E-state index in [1.165, 1.54) is 6.92 Å². The number of nitrogens with zero attached hydrogens (tertiary/aromatic N) is 3. The minimum absolute atomic E-state index is 0.0261. The number of carbonyl (C=O) groups is 3. The summed E-state index contributed by atoms with van der Waals surface area (Å²) in [6.07, 6.45) is -0.755. The molecule has 0 aliphatic heterocycles. The van der Waals surface area contributed by atoms with E-state index in [4.69, 9.17) is 15.0 Å². The summed E-state index contributed by atoms with van der Waals surface area (Å²) < 4.78 is 10.6. The van der Waals surface area contributed by atoms with Gasteiger partial charge in [-0.1, -0.05) is 49.3 Å². The zero-order valence-corrected chi connectivity index (χ0v) is 20.7. The van der Waals surface area contributed by atoms with Crippen molar-refractivity contribution in [3.63, 3.8) is 0 Å². The number of nitrogens with one attached hydrogen (secondary N) is 2. The number of azide groups is 1. The number of hydrogen-bond donors (Lipinski definition) is 3. The molecule has 0 spiro atoms. The molecule has 1 unspecified atom stereocenters. The van der Waals surface area contributed by atoms with E-state index in [9.17, 15) is 19.5 Å². The van der Waals surface area contributed by atoms with Crippen LogP contribution in [-0.4, -0.2) is 61.3 Å². The third-order valence-electron chi connectivity index (χ3n) is 5.08. The Bertz CT molecular complexity index is 829. The molecule has 1 rings (SSSR count). The summed E-state index contributed by atoms with van der Waals surface area (Å²) in [5, 5.41) is 19.6. The minimum Gasteiger partial charge on any atom is -0.461 e. The number of carbonyl (C=O) groups excluding carboxylic acids is 3. The van der Waals surface area contributed by atoms with Gasteiger partial charge in [0, 0.05) is 24.9 Å². The van der Waals surface area contributed by atoms with Crippen molar-refractivity contribution in [3.8, 4) is 0 Å². The molecule has 0 heterocycles. The van der Waals surface area contributed by atoms with Crippen molar-refractivity contribution >= 4 is 17.8 Å². The zero-order valence-electron chi connectivity index (χ0n) is 20.7. The van der Waals surface area contributed by atoms with E-state index < -0.39 is 29.9 Å². The normalized spacial score (nSPS) is 13.3. The topological polar surface area (TPSA) is 163 Å². The minimum atomic E-state index is -1.03. The first-order valence-electron chi connectivity index (χ1n) is 11.7. The monoisotopic (exact) mass is 491 g/mol. The van der Waals surface area contributed by atoms with Crippen LogP contribution in [0.15, 0.2) is 35.4 Å². The van der Waals surface area contributed by atoms with Crippen molar-refractivity contribution in [3.05, 3.63) is 46.3 Å². The number of rotatable bonds is 17. The molecule has 3 N–H and O–H groups in total. The molecule has 0 aromatic heterocycles. The fraction of sp³-hybridized carbons (Fsp3) is 0.625. The maximum Gasteiger partial charge on any atom is 0.306 e. The van der Waals surface area contributed by atoms with Gasteiger partial charge in [0.25, 0.3) is 0 Å². The van der Waals surface area contributed by atoms with Crippen molar-refractivity contribution in [2.45, 2.75) is 58.8 Å². The van der Waals surface area contributed by atoms with Crippen molar-refractivity contribution in [1.29, 1.82) is 0 Å². The lowest BCUT2D eigenvalue weighted by atomic mass is 9.90. The Kier molecular flexibility index (Phi) is 14.8. The smallest absolute Gasteiger partial charge is 0.306 e. The summed E-state index contributed by atoms with van der Waals surface area (Å²) in [6.45, 7) is 6.17. The maximum atomic E-state index is 12.9. The number of ether oxygens (including phenoxy) is 2. The molecule has 1 aromatic carbocycles. The van der Waals surface area contributed by atoms with Crippen LogP contribution >= 0.6 is 0 Å². The van der Waals surface area contributed by atoms with Gasteiger partial charge >= 0.3 is 5.97 Å². The van der Waals surface area contributed by atoms with Gasteiger partial charge in [-0.25, -0.2) is 0 Å². The van der Waals surface area contributed by atoms with Gasteiger partial charge in [0.15, 0.2) is 0 Å². The van der Waals surface area contributed by atoms with Gasteiger partial charge in [-0.05, 0) is 29.9 Å². The van der Waals surface area contributed by atoms with E-state index >= 15 is 0 Å². The van der Waals surface area contributed by atoms with Crippen molar-refractivity contribution in [2.75, 3.05) is 26.3 Å². The number of hydrogen-bond acceptors (Lipinski definition) is 7. The van der Waals surface area contributed by atoms with Crippen LogP contribution in [0.5, 0.6) is 0 Å². The SMILES string of the molecule is CC(=O)N[C@H](CC(C)C)C(O)C[C@@H](CC(=O)OCc1ccccc1)C(=O)NCCOCCN=[N+]=[N-]. The van der Waals surface area contributed by atoms with Gasteiger partial charge in [-0.2, -0.15) is 0 Å². The standard InChI is InChI=1S/C24H37N5O6/c1-17(2)13-21(28-18(3)30)22(31)14-20(24(33)26-9-11-34-12-10-27-29-25)15-23(32)35-16-19-7-5-4-6-8-19/h4-8,17,20-22,31H,9-16H2,1-3H3,(H,26,33)(H,28,30)/t20-,21+,22?/m0/s1. The van der Waals surface area contributed by atoms with Gasteiger partial charge in [0.1, 0.15) is 6.61 Å². The molecule has 11 nitrogen and oxygen atoms in total. The van der Waals surface area contributed by atoms with E-state index in [1.54, 1.807) is 0 Å². The highest BCUT2D eigenvalue weighted by Crippen LogP contribution is 2.19. The van der Waals surface area contributed by atoms with Gasteiger partial charge in [0.05, 0.1) is 37.7 Å². The highest BCUT2D eigenvalue weighted by molar-refractivity contribution is 5.83. The molecular formula is C24H37N5O6. The van der Waals surface area contributed by atoms with Crippen LogP contribution in [0.3, 0.4) is 0 Å². The molecule has 0 aliphatic carbocycles. The van der Waals surface area contributed by atoms with Crippen LogP contribution in [0, 0.1) is 11.8 Å². The molecule has 0 aliphatic rings. The first kappa shape index (κ1) is 29.9. The van der Waals surface area contributed by atoms with Gasteiger partial charge in [-0.3, -0.25) is 14.4 Å². The first-order chi connectivity index (χ1) is 16.7. The van der Waals surface area contributed by atoms with Crippen LogP contribution in [-0.2, 0) is 30.5 Å².